The highest BCUT2D eigenvalue weighted by Crippen LogP contribution is 2.34. The van der Waals surface area contributed by atoms with Crippen molar-refractivity contribution in [3.63, 3.8) is 0 Å². The molecular formula is C15H21N3O3. The van der Waals surface area contributed by atoms with E-state index < -0.39 is 4.92 Å². The predicted octanol–water partition coefficient (Wildman–Crippen LogP) is 3.47. The molecule has 0 radical (unpaired) electrons. The number of hydrogen-bond donors (Lipinski definition) is 2. The summed E-state index contributed by atoms with van der Waals surface area (Å²) in [5.74, 6) is -0.0891. The third-order valence-corrected chi connectivity index (χ3v) is 3.71. The zero-order valence-electron chi connectivity index (χ0n) is 12.4. The van der Waals surface area contributed by atoms with Crippen molar-refractivity contribution in [2.75, 3.05) is 10.6 Å². The molecule has 6 nitrogen and oxygen atoms in total. The molecule has 114 valence electrons. The first-order valence-corrected chi connectivity index (χ1v) is 7.39. The number of anilines is 2. The van der Waals surface area contributed by atoms with Crippen molar-refractivity contribution in [2.45, 2.75) is 52.0 Å². The molecule has 1 aliphatic rings. The fourth-order valence-corrected chi connectivity index (χ4v) is 2.53. The van der Waals surface area contributed by atoms with Crippen molar-refractivity contribution in [2.24, 2.45) is 0 Å². The largest absolute Gasteiger partial charge is 0.377 e. The first-order valence-electron chi connectivity index (χ1n) is 7.39. The molecule has 1 amide bonds. The minimum atomic E-state index is -0.407. The first-order chi connectivity index (χ1) is 10.0. The summed E-state index contributed by atoms with van der Waals surface area (Å²) in [6.07, 6.45) is 4.21. The van der Waals surface area contributed by atoms with Crippen LogP contribution in [0.3, 0.4) is 0 Å². The molecule has 1 aliphatic heterocycles. The minimum absolute atomic E-state index is 0.0132. The second kappa shape index (κ2) is 6.56. The molecule has 21 heavy (non-hydrogen) atoms. The normalized spacial score (nSPS) is 15.0. The highest BCUT2D eigenvalue weighted by atomic mass is 16.6. The number of benzene rings is 1. The van der Waals surface area contributed by atoms with Crippen LogP contribution in [0.4, 0.5) is 17.1 Å². The van der Waals surface area contributed by atoms with Gasteiger partial charge in [-0.2, -0.15) is 0 Å². The van der Waals surface area contributed by atoms with Crippen LogP contribution in [0.25, 0.3) is 0 Å². The lowest BCUT2D eigenvalue weighted by molar-refractivity contribution is -0.383. The highest BCUT2D eigenvalue weighted by Gasteiger charge is 2.23. The lowest BCUT2D eigenvalue weighted by Gasteiger charge is -2.20. The topological polar surface area (TPSA) is 84.3 Å². The van der Waals surface area contributed by atoms with Crippen LogP contribution in [0.5, 0.6) is 0 Å². The number of hydrogen-bond acceptors (Lipinski definition) is 4. The highest BCUT2D eigenvalue weighted by molar-refractivity contribution is 5.95. The van der Waals surface area contributed by atoms with Gasteiger partial charge in [0.2, 0.25) is 5.91 Å². The van der Waals surface area contributed by atoms with E-state index in [1.165, 1.54) is 6.07 Å². The summed E-state index contributed by atoms with van der Waals surface area (Å²) < 4.78 is 0. The van der Waals surface area contributed by atoms with Crippen LogP contribution in [0.1, 0.15) is 45.1 Å². The van der Waals surface area contributed by atoms with E-state index >= 15 is 0 Å². The van der Waals surface area contributed by atoms with Gasteiger partial charge in [0.1, 0.15) is 5.69 Å². The Morgan fingerprint density at radius 3 is 2.86 bits per heavy atom. The number of nitro benzene ring substituents is 1. The minimum Gasteiger partial charge on any atom is -0.377 e. The Morgan fingerprint density at radius 2 is 2.19 bits per heavy atom. The van der Waals surface area contributed by atoms with Crippen molar-refractivity contribution in [1.29, 1.82) is 0 Å². The Labute approximate surface area is 124 Å². The molecule has 0 spiro atoms. The standard InChI is InChI=1S/C15H21N3O3/c1-3-4-5-10(2)16-13-8-11-6-7-15(19)17-12(11)9-14(13)18(20)21/h8-10,16H,3-7H2,1-2H3,(H,17,19). The molecule has 0 saturated heterocycles. The summed E-state index contributed by atoms with van der Waals surface area (Å²) in [5.41, 5.74) is 2.06. The quantitative estimate of drug-likeness (QED) is 0.621. The smallest absolute Gasteiger partial charge is 0.294 e. The number of fused-ring (bicyclic) bond motifs is 1. The van der Waals surface area contributed by atoms with Gasteiger partial charge in [-0.15, -0.1) is 0 Å². The second-order valence-electron chi connectivity index (χ2n) is 5.52. The molecule has 0 fully saturated rings. The van der Waals surface area contributed by atoms with Crippen molar-refractivity contribution >= 4 is 23.0 Å². The van der Waals surface area contributed by atoms with Crippen molar-refractivity contribution in [3.8, 4) is 0 Å². The molecule has 2 N–H and O–H groups in total. The Kier molecular flexibility index (Phi) is 4.77. The van der Waals surface area contributed by atoms with Gasteiger partial charge < -0.3 is 10.6 Å². The van der Waals surface area contributed by atoms with E-state index in [0.717, 1.165) is 24.8 Å². The van der Waals surface area contributed by atoms with Crippen LogP contribution in [-0.4, -0.2) is 16.9 Å². The summed E-state index contributed by atoms with van der Waals surface area (Å²) in [4.78, 5) is 22.2. The lowest BCUT2D eigenvalue weighted by Crippen LogP contribution is -2.21. The van der Waals surface area contributed by atoms with Crippen LogP contribution < -0.4 is 10.6 Å². The number of nitrogens with zero attached hydrogens (tertiary/aromatic N) is 1. The maximum absolute atomic E-state index is 11.4. The molecule has 1 atom stereocenters. The summed E-state index contributed by atoms with van der Waals surface area (Å²) in [7, 11) is 0. The molecule has 6 heteroatoms. The predicted molar refractivity (Wildman–Crippen MR) is 82.7 cm³/mol. The molecule has 0 aromatic heterocycles. The van der Waals surface area contributed by atoms with Gasteiger partial charge in [0.05, 0.1) is 10.6 Å². The third kappa shape index (κ3) is 3.71. The van der Waals surface area contributed by atoms with E-state index in [9.17, 15) is 14.9 Å². The number of carbonyl (C=O) groups is 1. The van der Waals surface area contributed by atoms with Crippen LogP contribution >= 0.6 is 0 Å². The Balaban J connectivity index is 2.27. The zero-order chi connectivity index (χ0) is 15.4. The summed E-state index contributed by atoms with van der Waals surface area (Å²) in [6, 6.07) is 3.44. The fraction of sp³-hybridized carbons (Fsp3) is 0.533. The van der Waals surface area contributed by atoms with Crippen molar-refractivity contribution in [1.82, 2.24) is 0 Å². The average molecular weight is 291 g/mol. The van der Waals surface area contributed by atoms with E-state index in [0.29, 0.717) is 24.2 Å². The number of amides is 1. The summed E-state index contributed by atoms with van der Waals surface area (Å²) >= 11 is 0. The number of unbranched alkanes of at least 4 members (excludes halogenated alkanes) is 1. The van der Waals surface area contributed by atoms with Crippen LogP contribution in [-0.2, 0) is 11.2 Å². The number of carbonyl (C=O) groups excluding carboxylic acids is 1. The Bertz CT molecular complexity index is 557. The van der Waals surface area contributed by atoms with Crippen LogP contribution in [0, 0.1) is 10.1 Å². The molecule has 0 saturated carbocycles. The number of nitro groups is 1. The van der Waals surface area contributed by atoms with Crippen molar-refractivity contribution < 1.29 is 9.72 Å². The van der Waals surface area contributed by atoms with Crippen LogP contribution in [0.2, 0.25) is 0 Å². The van der Waals surface area contributed by atoms with Gasteiger partial charge >= 0.3 is 0 Å². The zero-order valence-corrected chi connectivity index (χ0v) is 12.4. The molecule has 0 bridgehead atoms. The number of aryl methyl sites for hydroxylation is 1. The van der Waals surface area contributed by atoms with E-state index in [-0.39, 0.29) is 17.6 Å². The van der Waals surface area contributed by atoms with Gasteiger partial charge in [0.25, 0.3) is 5.69 Å². The van der Waals surface area contributed by atoms with E-state index in [4.69, 9.17) is 0 Å². The summed E-state index contributed by atoms with van der Waals surface area (Å²) in [5, 5.41) is 17.2. The van der Waals surface area contributed by atoms with Gasteiger partial charge in [-0.1, -0.05) is 19.8 Å². The maximum Gasteiger partial charge on any atom is 0.294 e. The molecule has 1 heterocycles. The maximum atomic E-state index is 11.4. The second-order valence-corrected chi connectivity index (χ2v) is 5.52. The van der Waals surface area contributed by atoms with E-state index in [2.05, 4.69) is 17.6 Å². The molecule has 1 aromatic rings. The average Bonchev–Trinajstić information content (AvgIpc) is 2.44. The molecule has 1 unspecified atom stereocenters. The number of rotatable bonds is 6. The van der Waals surface area contributed by atoms with Gasteiger partial charge in [-0.3, -0.25) is 14.9 Å². The lowest BCUT2D eigenvalue weighted by atomic mass is 10.0. The molecule has 0 aliphatic carbocycles. The molecular weight excluding hydrogens is 270 g/mol. The van der Waals surface area contributed by atoms with E-state index in [1.807, 2.05) is 6.92 Å². The van der Waals surface area contributed by atoms with Gasteiger partial charge in [-0.05, 0) is 31.4 Å². The Morgan fingerprint density at radius 1 is 1.43 bits per heavy atom. The van der Waals surface area contributed by atoms with Crippen LogP contribution in [0.15, 0.2) is 12.1 Å². The first kappa shape index (κ1) is 15.3. The SMILES string of the molecule is CCCCC(C)Nc1cc2c(cc1[N+](=O)[O-])NC(=O)CC2. The fourth-order valence-electron chi connectivity index (χ4n) is 2.53. The van der Waals surface area contributed by atoms with E-state index in [1.54, 1.807) is 6.07 Å². The van der Waals surface area contributed by atoms with Crippen molar-refractivity contribution in [3.05, 3.63) is 27.8 Å². The van der Waals surface area contributed by atoms with Gasteiger partial charge in [0.15, 0.2) is 0 Å². The number of nitrogens with one attached hydrogen (secondary N) is 2. The van der Waals surface area contributed by atoms with Gasteiger partial charge in [-0.25, -0.2) is 0 Å². The summed E-state index contributed by atoms with van der Waals surface area (Å²) in [6.45, 7) is 4.15. The molecule has 1 aromatic carbocycles. The monoisotopic (exact) mass is 291 g/mol. The third-order valence-electron chi connectivity index (χ3n) is 3.71. The molecule has 2 rings (SSSR count). The van der Waals surface area contributed by atoms with Gasteiger partial charge in [0, 0.05) is 18.5 Å². The Hall–Kier alpha value is -2.11.